The number of anilines is 1. The maximum absolute atomic E-state index is 13.1. The maximum Gasteiger partial charge on any atom is 0.263 e. The minimum atomic E-state index is 0.0670. The summed E-state index contributed by atoms with van der Waals surface area (Å²) in [4.78, 5) is 14.9. The summed E-state index contributed by atoms with van der Waals surface area (Å²) in [6.07, 6.45) is 7.07. The molecule has 0 atom stereocenters. The van der Waals surface area contributed by atoms with Crippen LogP contribution in [0.25, 0.3) is 5.70 Å². The summed E-state index contributed by atoms with van der Waals surface area (Å²) in [7, 11) is 0. The van der Waals surface area contributed by atoms with Gasteiger partial charge in [0.2, 0.25) is 0 Å². The molecule has 2 nitrogen and oxygen atoms in total. The summed E-state index contributed by atoms with van der Waals surface area (Å²) in [6.45, 7) is 0. The Balaban J connectivity index is 1.93. The molecule has 1 aliphatic heterocycles. The highest BCUT2D eigenvalue weighted by atomic mass is 127. The summed E-state index contributed by atoms with van der Waals surface area (Å²) in [5, 5.41) is 0. The Kier molecular flexibility index (Phi) is 4.27. The number of hydrogen-bond acceptors (Lipinski definition) is 1. The fourth-order valence-electron chi connectivity index (χ4n) is 3.45. The fraction of sp³-hybridized carbons (Fsp3) is 0.190. The van der Waals surface area contributed by atoms with Crippen LogP contribution in [0.5, 0.6) is 0 Å². The van der Waals surface area contributed by atoms with E-state index in [1.165, 1.54) is 22.0 Å². The van der Waals surface area contributed by atoms with Gasteiger partial charge in [-0.15, -0.1) is 0 Å². The molecule has 1 amide bonds. The first-order valence-corrected chi connectivity index (χ1v) is 9.43. The average molecular weight is 427 g/mol. The molecule has 24 heavy (non-hydrogen) atoms. The van der Waals surface area contributed by atoms with E-state index in [-0.39, 0.29) is 5.91 Å². The van der Waals surface area contributed by atoms with Gasteiger partial charge in [-0.25, -0.2) is 0 Å². The number of amides is 1. The van der Waals surface area contributed by atoms with Crippen molar-refractivity contribution in [3.05, 3.63) is 81.0 Å². The molecule has 0 N–H and O–H groups in total. The van der Waals surface area contributed by atoms with Gasteiger partial charge in [0.1, 0.15) is 0 Å². The second kappa shape index (κ2) is 6.55. The van der Waals surface area contributed by atoms with E-state index >= 15 is 0 Å². The Bertz CT molecular complexity index is 851. The molecule has 2 aromatic rings. The molecule has 0 spiro atoms. The van der Waals surface area contributed by atoms with Crippen molar-refractivity contribution in [1.29, 1.82) is 0 Å². The monoisotopic (exact) mass is 427 g/mol. The number of benzene rings is 2. The molecule has 4 rings (SSSR count). The zero-order chi connectivity index (χ0) is 16.5. The second-order valence-corrected chi connectivity index (χ2v) is 7.24. The topological polar surface area (TPSA) is 20.3 Å². The molecule has 0 bridgehead atoms. The average Bonchev–Trinajstić information content (AvgIpc) is 2.95. The molecule has 1 heterocycles. The van der Waals surface area contributed by atoms with Crippen LogP contribution in [0.2, 0.25) is 0 Å². The van der Waals surface area contributed by atoms with Crippen molar-refractivity contribution < 1.29 is 4.79 Å². The van der Waals surface area contributed by atoms with Crippen LogP contribution >= 0.6 is 22.6 Å². The Hall–Kier alpha value is -1.88. The standard InChI is InChI=1S/C21H18INO/c22-19(15-9-3-1-4-10-15)20-17-13-7-8-14-18(17)21(24)23(20)16-11-5-2-6-12-16/h2,5-9,11-14H,1,3-4,10H2/b20-19+. The lowest BCUT2D eigenvalue weighted by Crippen LogP contribution is -2.23. The van der Waals surface area contributed by atoms with Crippen LogP contribution in [0.15, 0.2) is 69.8 Å². The highest BCUT2D eigenvalue weighted by molar-refractivity contribution is 14.1. The fourth-order valence-corrected chi connectivity index (χ4v) is 4.47. The number of para-hydroxylation sites is 1. The predicted molar refractivity (Wildman–Crippen MR) is 107 cm³/mol. The summed E-state index contributed by atoms with van der Waals surface area (Å²) < 4.78 is 1.20. The third-order valence-corrected chi connectivity index (χ3v) is 5.84. The van der Waals surface area contributed by atoms with Crippen LogP contribution in [-0.4, -0.2) is 5.91 Å². The van der Waals surface area contributed by atoms with E-state index in [2.05, 4.69) is 34.7 Å². The molecule has 0 unspecified atom stereocenters. The summed E-state index contributed by atoms with van der Waals surface area (Å²) in [5.74, 6) is 0.0670. The summed E-state index contributed by atoms with van der Waals surface area (Å²) in [5.41, 5.74) is 5.18. The number of carbonyl (C=O) groups excluding carboxylic acids is 1. The Morgan fingerprint density at radius 1 is 0.917 bits per heavy atom. The Morgan fingerprint density at radius 3 is 2.33 bits per heavy atom. The molecule has 0 aromatic heterocycles. The van der Waals surface area contributed by atoms with Crippen molar-refractivity contribution in [3.8, 4) is 0 Å². The van der Waals surface area contributed by atoms with Crippen LogP contribution in [0.3, 0.4) is 0 Å². The van der Waals surface area contributed by atoms with E-state index in [1.807, 2.05) is 53.4 Å². The number of hydrogen-bond donors (Lipinski definition) is 0. The molecule has 3 heteroatoms. The maximum atomic E-state index is 13.1. The molecule has 0 saturated heterocycles. The molecule has 0 saturated carbocycles. The smallest absolute Gasteiger partial charge is 0.263 e. The Morgan fingerprint density at radius 2 is 1.62 bits per heavy atom. The van der Waals surface area contributed by atoms with Crippen LogP contribution in [0.1, 0.15) is 41.6 Å². The molecule has 2 aliphatic rings. The molecular weight excluding hydrogens is 409 g/mol. The van der Waals surface area contributed by atoms with Gasteiger partial charge in [0.25, 0.3) is 5.91 Å². The number of allylic oxidation sites excluding steroid dienone is 3. The third kappa shape index (κ3) is 2.61. The predicted octanol–water partition coefficient (Wildman–Crippen LogP) is 5.95. The highest BCUT2D eigenvalue weighted by Gasteiger charge is 2.35. The van der Waals surface area contributed by atoms with Crippen molar-refractivity contribution in [3.63, 3.8) is 0 Å². The zero-order valence-electron chi connectivity index (χ0n) is 13.3. The molecule has 1 aliphatic carbocycles. The lowest BCUT2D eigenvalue weighted by Gasteiger charge is -2.22. The minimum Gasteiger partial charge on any atom is -0.275 e. The third-order valence-electron chi connectivity index (χ3n) is 4.63. The van der Waals surface area contributed by atoms with Gasteiger partial charge >= 0.3 is 0 Å². The van der Waals surface area contributed by atoms with Crippen molar-refractivity contribution in [2.45, 2.75) is 25.7 Å². The highest BCUT2D eigenvalue weighted by Crippen LogP contribution is 2.43. The quantitative estimate of drug-likeness (QED) is 0.543. The van der Waals surface area contributed by atoms with E-state index in [0.29, 0.717) is 0 Å². The summed E-state index contributed by atoms with van der Waals surface area (Å²) >= 11 is 2.43. The van der Waals surface area contributed by atoms with Crippen LogP contribution in [0.4, 0.5) is 5.69 Å². The van der Waals surface area contributed by atoms with Crippen LogP contribution in [-0.2, 0) is 0 Å². The van der Waals surface area contributed by atoms with Gasteiger partial charge < -0.3 is 0 Å². The van der Waals surface area contributed by atoms with Crippen LogP contribution in [0, 0.1) is 0 Å². The normalized spacial score (nSPS) is 19.1. The first-order chi connectivity index (χ1) is 11.8. The van der Waals surface area contributed by atoms with Crippen LogP contribution < -0.4 is 4.90 Å². The van der Waals surface area contributed by atoms with Gasteiger partial charge in [-0.2, -0.15) is 0 Å². The number of rotatable bonds is 2. The van der Waals surface area contributed by atoms with Crippen molar-refractivity contribution in [2.24, 2.45) is 0 Å². The first kappa shape index (κ1) is 15.6. The molecule has 120 valence electrons. The number of fused-ring (bicyclic) bond motifs is 1. The number of nitrogens with zero attached hydrogens (tertiary/aromatic N) is 1. The van der Waals surface area contributed by atoms with E-state index in [9.17, 15) is 4.79 Å². The SMILES string of the molecule is O=C1c2ccccc2/C(=C(\I)C2=CCCCC2)N1c1ccccc1. The molecule has 2 aromatic carbocycles. The second-order valence-electron chi connectivity index (χ2n) is 6.16. The molecule has 0 fully saturated rings. The van der Waals surface area contributed by atoms with Crippen molar-refractivity contribution >= 4 is 39.9 Å². The molecular formula is C21H18INO. The summed E-state index contributed by atoms with van der Waals surface area (Å²) in [6, 6.07) is 17.9. The minimum absolute atomic E-state index is 0.0670. The largest absolute Gasteiger partial charge is 0.275 e. The van der Waals surface area contributed by atoms with Gasteiger partial charge in [0.05, 0.1) is 5.70 Å². The van der Waals surface area contributed by atoms with Gasteiger partial charge in [-0.1, -0.05) is 42.5 Å². The first-order valence-electron chi connectivity index (χ1n) is 8.35. The van der Waals surface area contributed by atoms with Gasteiger partial charge in [-0.3, -0.25) is 9.69 Å². The lowest BCUT2D eigenvalue weighted by atomic mass is 9.97. The van der Waals surface area contributed by atoms with E-state index < -0.39 is 0 Å². The van der Waals surface area contributed by atoms with Crippen molar-refractivity contribution in [2.75, 3.05) is 4.90 Å². The van der Waals surface area contributed by atoms with Crippen molar-refractivity contribution in [1.82, 2.24) is 0 Å². The van der Waals surface area contributed by atoms with E-state index in [4.69, 9.17) is 0 Å². The Labute approximate surface area is 156 Å². The van der Waals surface area contributed by atoms with Gasteiger partial charge in [0.15, 0.2) is 0 Å². The molecule has 0 radical (unpaired) electrons. The van der Waals surface area contributed by atoms with Gasteiger partial charge in [0, 0.05) is 20.4 Å². The van der Waals surface area contributed by atoms with E-state index in [1.54, 1.807) is 0 Å². The number of halogens is 1. The van der Waals surface area contributed by atoms with E-state index in [0.717, 1.165) is 35.4 Å². The number of carbonyl (C=O) groups is 1. The van der Waals surface area contributed by atoms with Gasteiger partial charge in [-0.05, 0) is 72.0 Å². The zero-order valence-corrected chi connectivity index (χ0v) is 15.5. The lowest BCUT2D eigenvalue weighted by molar-refractivity contribution is 0.101.